The van der Waals surface area contributed by atoms with E-state index in [9.17, 15) is 4.79 Å². The number of rotatable bonds is 4. The van der Waals surface area contributed by atoms with Gasteiger partial charge in [-0.1, -0.05) is 32.9 Å². The lowest BCUT2D eigenvalue weighted by molar-refractivity contribution is 0.0770. The minimum absolute atomic E-state index is 0.0303. The summed E-state index contributed by atoms with van der Waals surface area (Å²) < 4.78 is 11.0. The maximum Gasteiger partial charge on any atom is 0.278 e. The molecule has 3 rings (SSSR count). The van der Waals surface area contributed by atoms with Gasteiger partial charge >= 0.3 is 0 Å². The van der Waals surface area contributed by atoms with Gasteiger partial charge < -0.3 is 14.4 Å². The number of nitrogens with zero attached hydrogens (tertiary/aromatic N) is 3. The molecule has 1 aliphatic heterocycles. The van der Waals surface area contributed by atoms with E-state index in [1.165, 1.54) is 12.7 Å². The number of hydrogen-bond acceptors (Lipinski definition) is 5. The lowest BCUT2D eigenvalue weighted by Gasteiger charge is -2.20. The number of hydrogen-bond donors (Lipinski definition) is 0. The summed E-state index contributed by atoms with van der Waals surface area (Å²) in [5.41, 5.74) is 1.99. The summed E-state index contributed by atoms with van der Waals surface area (Å²) in [5.74, 6) is 0.751. The molecule has 0 bridgehead atoms. The number of likely N-dealkylation sites (tertiary alicyclic amines) is 1. The molecular weight excluding hydrogens is 330 g/mol. The van der Waals surface area contributed by atoms with E-state index >= 15 is 0 Å². The number of amides is 1. The molecular formula is C20H25N3O3. The first-order chi connectivity index (χ1) is 12.4. The second-order valence-corrected chi connectivity index (χ2v) is 7.48. The molecule has 1 amide bonds. The monoisotopic (exact) mass is 355 g/mol. The Balaban J connectivity index is 1.64. The third-order valence-electron chi connectivity index (χ3n) is 4.53. The van der Waals surface area contributed by atoms with Crippen LogP contribution in [0, 0.1) is 0 Å². The van der Waals surface area contributed by atoms with Crippen LogP contribution >= 0.6 is 0 Å². The number of ether oxygens (including phenoxy) is 2. The Labute approximate surface area is 154 Å². The van der Waals surface area contributed by atoms with Gasteiger partial charge in [-0.05, 0) is 23.1 Å². The minimum atomic E-state index is -0.113. The molecule has 1 atom stereocenters. The zero-order chi connectivity index (χ0) is 18.7. The normalized spacial score (nSPS) is 17.2. The number of methoxy groups -OCH3 is 1. The highest BCUT2D eigenvalue weighted by Crippen LogP contribution is 2.25. The van der Waals surface area contributed by atoms with Crippen LogP contribution in [0.1, 0.15) is 43.1 Å². The van der Waals surface area contributed by atoms with Gasteiger partial charge in [0.15, 0.2) is 0 Å². The molecule has 1 aromatic heterocycles. The third kappa shape index (κ3) is 3.95. The van der Waals surface area contributed by atoms with Crippen molar-refractivity contribution in [1.82, 2.24) is 14.9 Å². The zero-order valence-electron chi connectivity index (χ0n) is 15.7. The fourth-order valence-corrected chi connectivity index (χ4v) is 3.00. The van der Waals surface area contributed by atoms with Crippen LogP contribution in [0.15, 0.2) is 36.7 Å². The van der Waals surface area contributed by atoms with Crippen molar-refractivity contribution in [1.29, 1.82) is 0 Å². The average molecular weight is 355 g/mol. The van der Waals surface area contributed by atoms with Crippen LogP contribution in [0.5, 0.6) is 11.8 Å². The van der Waals surface area contributed by atoms with Gasteiger partial charge in [-0.15, -0.1) is 0 Å². The Kier molecular flexibility index (Phi) is 5.11. The van der Waals surface area contributed by atoms with Crippen LogP contribution in [0.4, 0.5) is 0 Å². The maximum atomic E-state index is 12.7. The van der Waals surface area contributed by atoms with Gasteiger partial charge in [0, 0.05) is 30.9 Å². The zero-order valence-corrected chi connectivity index (χ0v) is 15.7. The van der Waals surface area contributed by atoms with Crippen molar-refractivity contribution in [2.45, 2.75) is 38.7 Å². The molecule has 0 N–H and O–H groups in total. The van der Waals surface area contributed by atoms with Crippen LogP contribution in [-0.2, 0) is 5.41 Å². The molecule has 2 aromatic rings. The molecule has 2 heterocycles. The molecule has 0 saturated carbocycles. The van der Waals surface area contributed by atoms with Crippen molar-refractivity contribution in [2.24, 2.45) is 0 Å². The fourth-order valence-electron chi connectivity index (χ4n) is 3.00. The van der Waals surface area contributed by atoms with Crippen LogP contribution < -0.4 is 9.47 Å². The van der Waals surface area contributed by atoms with Gasteiger partial charge in [0.25, 0.3) is 17.7 Å². The van der Waals surface area contributed by atoms with E-state index in [0.29, 0.717) is 30.4 Å². The molecule has 0 aliphatic carbocycles. The number of aromatic nitrogens is 2. The molecule has 1 aromatic carbocycles. The Morgan fingerprint density at radius 1 is 1.12 bits per heavy atom. The molecule has 6 heteroatoms. The predicted molar refractivity (Wildman–Crippen MR) is 98.7 cm³/mol. The summed E-state index contributed by atoms with van der Waals surface area (Å²) in [7, 11) is 1.53. The van der Waals surface area contributed by atoms with Gasteiger partial charge in [0.1, 0.15) is 6.10 Å². The first kappa shape index (κ1) is 18.2. The van der Waals surface area contributed by atoms with Crippen molar-refractivity contribution in [2.75, 3.05) is 20.2 Å². The van der Waals surface area contributed by atoms with E-state index in [1.54, 1.807) is 12.4 Å². The first-order valence-electron chi connectivity index (χ1n) is 8.80. The van der Waals surface area contributed by atoms with E-state index in [2.05, 4.69) is 30.7 Å². The number of carbonyl (C=O) groups excluding carboxylic acids is 1. The van der Waals surface area contributed by atoms with Crippen LogP contribution in [-0.4, -0.2) is 47.1 Å². The molecule has 1 aliphatic rings. The average Bonchev–Trinajstić information content (AvgIpc) is 3.09. The molecule has 1 saturated heterocycles. The van der Waals surface area contributed by atoms with E-state index in [-0.39, 0.29) is 17.4 Å². The standard InChI is InChI=1S/C20H25N3O3/c1-20(2,3)15-7-5-14(6-8-15)19(24)23-12-9-16(13-23)26-18-17(25-4)21-10-11-22-18/h5-8,10-11,16H,9,12-13H2,1-4H3. The van der Waals surface area contributed by atoms with Crippen LogP contribution in [0.2, 0.25) is 0 Å². The quantitative estimate of drug-likeness (QED) is 0.843. The van der Waals surface area contributed by atoms with Crippen molar-refractivity contribution < 1.29 is 14.3 Å². The topological polar surface area (TPSA) is 64.6 Å². The number of benzene rings is 1. The second kappa shape index (κ2) is 7.32. The van der Waals surface area contributed by atoms with E-state index in [4.69, 9.17) is 9.47 Å². The van der Waals surface area contributed by atoms with Crippen molar-refractivity contribution in [3.63, 3.8) is 0 Å². The van der Waals surface area contributed by atoms with Gasteiger partial charge in [-0.3, -0.25) is 4.79 Å². The fraction of sp³-hybridized carbons (Fsp3) is 0.450. The summed E-state index contributed by atoms with van der Waals surface area (Å²) in [6.07, 6.45) is 3.76. The summed E-state index contributed by atoms with van der Waals surface area (Å²) in [6, 6.07) is 7.87. The lowest BCUT2D eigenvalue weighted by atomic mass is 9.86. The predicted octanol–water partition coefficient (Wildman–Crippen LogP) is 3.08. The van der Waals surface area contributed by atoms with Crippen molar-refractivity contribution in [3.05, 3.63) is 47.8 Å². The molecule has 1 unspecified atom stereocenters. The van der Waals surface area contributed by atoms with Gasteiger partial charge in [0.05, 0.1) is 13.7 Å². The summed E-state index contributed by atoms with van der Waals surface area (Å²) in [5, 5.41) is 0. The molecule has 6 nitrogen and oxygen atoms in total. The smallest absolute Gasteiger partial charge is 0.278 e. The first-order valence-corrected chi connectivity index (χ1v) is 8.80. The van der Waals surface area contributed by atoms with Gasteiger partial charge in [-0.2, -0.15) is 0 Å². The summed E-state index contributed by atoms with van der Waals surface area (Å²) in [4.78, 5) is 22.8. The van der Waals surface area contributed by atoms with Crippen molar-refractivity contribution in [3.8, 4) is 11.8 Å². The van der Waals surface area contributed by atoms with Gasteiger partial charge in [0.2, 0.25) is 0 Å². The number of carbonyl (C=O) groups is 1. The highest BCUT2D eigenvalue weighted by molar-refractivity contribution is 5.94. The Morgan fingerprint density at radius 3 is 2.38 bits per heavy atom. The molecule has 0 spiro atoms. The molecule has 138 valence electrons. The van der Waals surface area contributed by atoms with Gasteiger partial charge in [-0.25, -0.2) is 9.97 Å². The van der Waals surface area contributed by atoms with E-state index < -0.39 is 0 Å². The van der Waals surface area contributed by atoms with Crippen molar-refractivity contribution >= 4 is 5.91 Å². The second-order valence-electron chi connectivity index (χ2n) is 7.48. The Bertz CT molecular complexity index is 769. The summed E-state index contributed by atoms with van der Waals surface area (Å²) in [6.45, 7) is 7.67. The van der Waals surface area contributed by atoms with Crippen LogP contribution in [0.3, 0.4) is 0 Å². The largest absolute Gasteiger partial charge is 0.477 e. The molecule has 1 fully saturated rings. The third-order valence-corrected chi connectivity index (χ3v) is 4.53. The van der Waals surface area contributed by atoms with E-state index in [0.717, 1.165) is 6.42 Å². The van der Waals surface area contributed by atoms with Crippen LogP contribution in [0.25, 0.3) is 0 Å². The molecule has 0 radical (unpaired) electrons. The highest BCUT2D eigenvalue weighted by Gasteiger charge is 2.29. The SMILES string of the molecule is COc1nccnc1OC1CCN(C(=O)c2ccc(C(C)(C)C)cc2)C1. The molecule has 26 heavy (non-hydrogen) atoms. The van der Waals surface area contributed by atoms with E-state index in [1.807, 2.05) is 29.2 Å². The Hall–Kier alpha value is -2.63. The minimum Gasteiger partial charge on any atom is -0.477 e. The highest BCUT2D eigenvalue weighted by atomic mass is 16.5. The summed E-state index contributed by atoms with van der Waals surface area (Å²) >= 11 is 0. The Morgan fingerprint density at radius 2 is 1.77 bits per heavy atom. The maximum absolute atomic E-state index is 12.7. The lowest BCUT2D eigenvalue weighted by Crippen LogP contribution is -2.31.